The van der Waals surface area contributed by atoms with Gasteiger partial charge < -0.3 is 20.9 Å². The van der Waals surface area contributed by atoms with Crippen LogP contribution in [0, 0.1) is 0 Å². The number of nitrogens with two attached hydrogens (primary N) is 1. The lowest BCUT2D eigenvalue weighted by Crippen LogP contribution is -2.25. The van der Waals surface area contributed by atoms with Crippen molar-refractivity contribution in [3.05, 3.63) is 23.8 Å². The summed E-state index contributed by atoms with van der Waals surface area (Å²) in [6.45, 7) is 0.453. The van der Waals surface area contributed by atoms with E-state index in [1.807, 2.05) is 0 Å². The molecule has 0 unspecified atom stereocenters. The first-order valence-electron chi connectivity index (χ1n) is 6.38. The van der Waals surface area contributed by atoms with Gasteiger partial charge >= 0.3 is 0 Å². The highest BCUT2D eigenvalue weighted by Gasteiger charge is 2.13. The molecule has 6 heteroatoms. The highest BCUT2D eigenvalue weighted by Crippen LogP contribution is 2.20. The van der Waals surface area contributed by atoms with Gasteiger partial charge in [0.25, 0.3) is 5.91 Å². The molecule has 0 atom stereocenters. The largest absolute Gasteiger partial charge is 0.399 e. The van der Waals surface area contributed by atoms with Crippen LogP contribution in [0.3, 0.4) is 0 Å². The summed E-state index contributed by atoms with van der Waals surface area (Å²) in [5.41, 5.74) is 7.51. The van der Waals surface area contributed by atoms with E-state index in [1.165, 1.54) is 9.80 Å². The second kappa shape index (κ2) is 6.79. The van der Waals surface area contributed by atoms with Crippen LogP contribution in [0.15, 0.2) is 18.2 Å². The van der Waals surface area contributed by atoms with Gasteiger partial charge in [-0.1, -0.05) is 0 Å². The molecule has 0 spiro atoms. The highest BCUT2D eigenvalue weighted by atomic mass is 16.2. The van der Waals surface area contributed by atoms with E-state index in [0.717, 1.165) is 0 Å². The first kappa shape index (κ1) is 15.8. The van der Waals surface area contributed by atoms with Gasteiger partial charge in [-0.15, -0.1) is 0 Å². The molecule has 0 fully saturated rings. The fraction of sp³-hybridized carbons (Fsp3) is 0.429. The Labute approximate surface area is 119 Å². The summed E-state index contributed by atoms with van der Waals surface area (Å²) in [5.74, 6) is -0.0756. The van der Waals surface area contributed by atoms with Crippen molar-refractivity contribution < 1.29 is 9.59 Å². The zero-order valence-electron chi connectivity index (χ0n) is 12.4. The predicted octanol–water partition coefficient (Wildman–Crippen LogP) is 0.861. The Morgan fingerprint density at radius 3 is 2.35 bits per heavy atom. The van der Waals surface area contributed by atoms with Gasteiger partial charge in [-0.05, 0) is 18.2 Å². The molecule has 110 valence electrons. The van der Waals surface area contributed by atoms with Crippen LogP contribution in [0.25, 0.3) is 0 Å². The third kappa shape index (κ3) is 4.15. The Bertz CT molecular complexity index is 498. The van der Waals surface area contributed by atoms with Crippen LogP contribution in [0.1, 0.15) is 16.8 Å². The second-order valence-electron chi connectivity index (χ2n) is 4.97. The molecule has 0 saturated carbocycles. The zero-order chi connectivity index (χ0) is 15.3. The minimum atomic E-state index is -0.105. The molecule has 2 amide bonds. The average molecular weight is 278 g/mol. The van der Waals surface area contributed by atoms with Crippen molar-refractivity contribution >= 4 is 23.2 Å². The van der Waals surface area contributed by atoms with Gasteiger partial charge in [0.15, 0.2) is 0 Å². The average Bonchev–Trinajstić information content (AvgIpc) is 2.37. The highest BCUT2D eigenvalue weighted by molar-refractivity contribution is 6.00. The molecule has 0 aliphatic rings. The third-order valence-corrected chi connectivity index (χ3v) is 2.83. The van der Waals surface area contributed by atoms with E-state index in [1.54, 1.807) is 46.4 Å². The molecule has 0 heterocycles. The number of benzene rings is 1. The number of amides is 2. The van der Waals surface area contributed by atoms with Crippen LogP contribution in [0.5, 0.6) is 0 Å². The van der Waals surface area contributed by atoms with E-state index < -0.39 is 0 Å². The minimum absolute atomic E-state index is 0.0295. The van der Waals surface area contributed by atoms with Crippen LogP contribution < -0.4 is 11.1 Å². The molecular weight excluding hydrogens is 256 g/mol. The molecule has 0 aromatic heterocycles. The van der Waals surface area contributed by atoms with Crippen molar-refractivity contribution in [3.8, 4) is 0 Å². The Morgan fingerprint density at radius 2 is 1.80 bits per heavy atom. The van der Waals surface area contributed by atoms with Gasteiger partial charge in [0, 0.05) is 52.5 Å². The van der Waals surface area contributed by atoms with Crippen LogP contribution in [0.2, 0.25) is 0 Å². The molecule has 0 bridgehead atoms. The number of nitrogen functional groups attached to an aromatic ring is 1. The summed E-state index contributed by atoms with van der Waals surface area (Å²) in [7, 11) is 6.81. The second-order valence-corrected chi connectivity index (χ2v) is 4.97. The molecule has 3 N–H and O–H groups in total. The molecule has 1 rings (SSSR count). The van der Waals surface area contributed by atoms with E-state index in [4.69, 9.17) is 5.73 Å². The van der Waals surface area contributed by atoms with Gasteiger partial charge in [0.2, 0.25) is 5.91 Å². The Balaban J connectivity index is 2.80. The summed E-state index contributed by atoms with van der Waals surface area (Å²) in [6.07, 6.45) is 0.359. The fourth-order valence-electron chi connectivity index (χ4n) is 1.66. The van der Waals surface area contributed by atoms with E-state index in [0.29, 0.717) is 29.9 Å². The number of nitrogens with one attached hydrogen (secondary N) is 1. The van der Waals surface area contributed by atoms with Crippen molar-refractivity contribution in [1.29, 1.82) is 0 Å². The number of anilines is 2. The van der Waals surface area contributed by atoms with E-state index in [9.17, 15) is 9.59 Å². The normalized spacial score (nSPS) is 10.0. The maximum atomic E-state index is 12.1. The first-order valence-corrected chi connectivity index (χ1v) is 6.38. The van der Waals surface area contributed by atoms with Gasteiger partial charge in [0.05, 0.1) is 5.56 Å². The quantitative estimate of drug-likeness (QED) is 0.783. The summed E-state index contributed by atoms with van der Waals surface area (Å²) in [4.78, 5) is 26.6. The summed E-state index contributed by atoms with van der Waals surface area (Å²) < 4.78 is 0. The van der Waals surface area contributed by atoms with Gasteiger partial charge in [-0.2, -0.15) is 0 Å². The lowest BCUT2D eigenvalue weighted by molar-refractivity contribution is -0.128. The number of hydrogen-bond acceptors (Lipinski definition) is 4. The van der Waals surface area contributed by atoms with E-state index in [-0.39, 0.29) is 11.8 Å². The van der Waals surface area contributed by atoms with Crippen LogP contribution in [-0.4, -0.2) is 56.3 Å². The molecule has 20 heavy (non-hydrogen) atoms. The lowest BCUT2D eigenvalue weighted by atomic mass is 10.1. The number of rotatable bonds is 5. The van der Waals surface area contributed by atoms with Crippen molar-refractivity contribution in [2.45, 2.75) is 6.42 Å². The van der Waals surface area contributed by atoms with Crippen molar-refractivity contribution in [3.63, 3.8) is 0 Å². The third-order valence-electron chi connectivity index (χ3n) is 2.83. The van der Waals surface area contributed by atoms with Gasteiger partial charge in [-0.25, -0.2) is 0 Å². The summed E-state index contributed by atoms with van der Waals surface area (Å²) in [6, 6.07) is 5.08. The molecule has 0 saturated heterocycles. The van der Waals surface area contributed by atoms with Crippen LogP contribution in [-0.2, 0) is 4.79 Å². The number of carbonyl (C=O) groups excluding carboxylic acids is 2. The summed E-state index contributed by atoms with van der Waals surface area (Å²) >= 11 is 0. The van der Waals surface area contributed by atoms with Crippen molar-refractivity contribution in [2.24, 2.45) is 0 Å². The first-order chi connectivity index (χ1) is 9.32. The monoisotopic (exact) mass is 278 g/mol. The van der Waals surface area contributed by atoms with Gasteiger partial charge in [-0.3, -0.25) is 9.59 Å². The fourth-order valence-corrected chi connectivity index (χ4v) is 1.66. The predicted molar refractivity (Wildman–Crippen MR) is 80.7 cm³/mol. The maximum absolute atomic E-state index is 12.1. The number of nitrogens with zero attached hydrogens (tertiary/aromatic N) is 2. The van der Waals surface area contributed by atoms with Gasteiger partial charge in [0.1, 0.15) is 0 Å². The van der Waals surface area contributed by atoms with E-state index in [2.05, 4.69) is 5.32 Å². The molecule has 0 aliphatic carbocycles. The molecule has 6 nitrogen and oxygen atoms in total. The topological polar surface area (TPSA) is 78.7 Å². The SMILES string of the molecule is CN(C)C(=O)CCNc1cc(N)ccc1C(=O)N(C)C. The van der Waals surface area contributed by atoms with Crippen molar-refractivity contribution in [2.75, 3.05) is 45.8 Å². The smallest absolute Gasteiger partial charge is 0.255 e. The van der Waals surface area contributed by atoms with Crippen LogP contribution in [0.4, 0.5) is 11.4 Å². The lowest BCUT2D eigenvalue weighted by Gasteiger charge is -2.16. The Kier molecular flexibility index (Phi) is 5.37. The van der Waals surface area contributed by atoms with E-state index >= 15 is 0 Å². The molecular formula is C14H22N4O2. The molecule has 1 aromatic carbocycles. The standard InChI is InChI=1S/C14H22N4O2/c1-17(2)13(19)7-8-16-12-9-10(15)5-6-11(12)14(20)18(3)4/h5-6,9,16H,7-8,15H2,1-4H3. The molecule has 0 radical (unpaired) electrons. The Hall–Kier alpha value is -2.24. The Morgan fingerprint density at radius 1 is 1.15 bits per heavy atom. The molecule has 0 aliphatic heterocycles. The number of carbonyl (C=O) groups is 2. The maximum Gasteiger partial charge on any atom is 0.255 e. The summed E-state index contributed by atoms with van der Waals surface area (Å²) in [5, 5.41) is 3.10. The van der Waals surface area contributed by atoms with Crippen LogP contribution >= 0.6 is 0 Å². The minimum Gasteiger partial charge on any atom is -0.399 e. The number of hydrogen-bond donors (Lipinski definition) is 2. The van der Waals surface area contributed by atoms with Crippen molar-refractivity contribution in [1.82, 2.24) is 9.80 Å². The molecule has 1 aromatic rings. The zero-order valence-corrected chi connectivity index (χ0v) is 12.4.